The Labute approximate surface area is 126 Å². The van der Waals surface area contributed by atoms with Gasteiger partial charge in [0.15, 0.2) is 5.82 Å². The SMILES string of the molecule is COCCC1(CNc2nccn3ncc(Br)c23)CCC1. The Bertz CT molecular complexity index is 594. The van der Waals surface area contributed by atoms with Crippen LogP contribution >= 0.6 is 15.9 Å². The second-order valence-corrected chi connectivity index (χ2v) is 6.37. The Hall–Kier alpha value is -1.14. The third-order valence-electron chi connectivity index (χ3n) is 4.27. The molecule has 1 N–H and O–H groups in total. The van der Waals surface area contributed by atoms with Crippen molar-refractivity contribution < 1.29 is 4.74 Å². The average molecular weight is 339 g/mol. The second-order valence-electron chi connectivity index (χ2n) is 5.51. The van der Waals surface area contributed by atoms with Gasteiger partial charge in [-0.05, 0) is 40.6 Å². The minimum Gasteiger partial charge on any atom is -0.385 e. The fourth-order valence-electron chi connectivity index (χ4n) is 2.82. The van der Waals surface area contributed by atoms with E-state index in [0.29, 0.717) is 5.41 Å². The van der Waals surface area contributed by atoms with E-state index in [4.69, 9.17) is 4.74 Å². The van der Waals surface area contributed by atoms with Gasteiger partial charge < -0.3 is 10.1 Å². The Kier molecular flexibility index (Phi) is 3.94. The Morgan fingerprint density at radius 2 is 2.35 bits per heavy atom. The zero-order chi connectivity index (χ0) is 14.0. The van der Waals surface area contributed by atoms with Gasteiger partial charge in [-0.2, -0.15) is 5.10 Å². The predicted molar refractivity (Wildman–Crippen MR) is 82.0 cm³/mol. The van der Waals surface area contributed by atoms with E-state index in [2.05, 4.69) is 31.3 Å². The van der Waals surface area contributed by atoms with Crippen LogP contribution in [0.4, 0.5) is 5.82 Å². The van der Waals surface area contributed by atoms with Crippen LogP contribution < -0.4 is 5.32 Å². The summed E-state index contributed by atoms with van der Waals surface area (Å²) in [6.07, 6.45) is 10.4. The van der Waals surface area contributed by atoms with Crippen LogP contribution in [0.3, 0.4) is 0 Å². The predicted octanol–water partition coefficient (Wildman–Crippen LogP) is 3.11. The summed E-state index contributed by atoms with van der Waals surface area (Å²) in [5.41, 5.74) is 1.37. The molecule has 3 rings (SSSR count). The highest BCUT2D eigenvalue weighted by Crippen LogP contribution is 2.44. The lowest BCUT2D eigenvalue weighted by molar-refractivity contribution is 0.0812. The van der Waals surface area contributed by atoms with Crippen molar-refractivity contribution in [3.05, 3.63) is 23.1 Å². The number of nitrogens with zero attached hydrogens (tertiary/aromatic N) is 3. The molecule has 1 aliphatic rings. The quantitative estimate of drug-likeness (QED) is 0.879. The van der Waals surface area contributed by atoms with Gasteiger partial charge in [-0.3, -0.25) is 0 Å². The summed E-state index contributed by atoms with van der Waals surface area (Å²) < 4.78 is 8.04. The number of hydrogen-bond acceptors (Lipinski definition) is 4. The molecular weight excluding hydrogens is 320 g/mol. The van der Waals surface area contributed by atoms with Crippen molar-refractivity contribution in [1.29, 1.82) is 0 Å². The fraction of sp³-hybridized carbons (Fsp3) is 0.571. The van der Waals surface area contributed by atoms with E-state index < -0.39 is 0 Å². The lowest BCUT2D eigenvalue weighted by atomic mass is 9.67. The zero-order valence-electron chi connectivity index (χ0n) is 11.6. The molecule has 6 heteroatoms. The van der Waals surface area contributed by atoms with Crippen molar-refractivity contribution in [3.63, 3.8) is 0 Å². The molecule has 0 saturated heterocycles. The van der Waals surface area contributed by atoms with Crippen molar-refractivity contribution in [2.75, 3.05) is 25.6 Å². The maximum absolute atomic E-state index is 5.24. The molecule has 1 saturated carbocycles. The highest BCUT2D eigenvalue weighted by Gasteiger charge is 2.36. The summed E-state index contributed by atoms with van der Waals surface area (Å²) in [5.74, 6) is 0.889. The molecule has 0 atom stereocenters. The Morgan fingerprint density at radius 3 is 3.05 bits per heavy atom. The summed E-state index contributed by atoms with van der Waals surface area (Å²) in [4.78, 5) is 4.45. The van der Waals surface area contributed by atoms with Crippen molar-refractivity contribution in [2.24, 2.45) is 5.41 Å². The largest absolute Gasteiger partial charge is 0.385 e. The first kappa shape index (κ1) is 13.8. The molecule has 2 aromatic rings. The van der Waals surface area contributed by atoms with E-state index >= 15 is 0 Å². The molecule has 0 spiro atoms. The van der Waals surface area contributed by atoms with Crippen molar-refractivity contribution in [3.8, 4) is 0 Å². The summed E-state index contributed by atoms with van der Waals surface area (Å²) in [7, 11) is 1.77. The highest BCUT2D eigenvalue weighted by atomic mass is 79.9. The molecule has 20 heavy (non-hydrogen) atoms. The maximum Gasteiger partial charge on any atom is 0.153 e. The van der Waals surface area contributed by atoms with Gasteiger partial charge in [0.2, 0.25) is 0 Å². The van der Waals surface area contributed by atoms with Gasteiger partial charge in [0.05, 0.1) is 10.7 Å². The number of hydrogen-bond donors (Lipinski definition) is 1. The number of nitrogens with one attached hydrogen (secondary N) is 1. The van der Waals surface area contributed by atoms with Gasteiger partial charge in [-0.25, -0.2) is 9.50 Å². The van der Waals surface area contributed by atoms with Gasteiger partial charge in [-0.1, -0.05) is 6.42 Å². The third-order valence-corrected chi connectivity index (χ3v) is 4.85. The monoisotopic (exact) mass is 338 g/mol. The summed E-state index contributed by atoms with van der Waals surface area (Å²) >= 11 is 3.53. The molecule has 1 aliphatic carbocycles. The van der Waals surface area contributed by atoms with Crippen LogP contribution in [0.15, 0.2) is 23.1 Å². The summed E-state index contributed by atoms with van der Waals surface area (Å²) in [5, 5.41) is 7.79. The minimum atomic E-state index is 0.372. The third kappa shape index (κ3) is 2.54. The molecule has 2 aromatic heterocycles. The van der Waals surface area contributed by atoms with E-state index in [9.17, 15) is 0 Å². The van der Waals surface area contributed by atoms with E-state index in [0.717, 1.165) is 35.4 Å². The van der Waals surface area contributed by atoms with Crippen LogP contribution in [0.2, 0.25) is 0 Å². The average Bonchev–Trinajstić information content (AvgIpc) is 2.80. The van der Waals surface area contributed by atoms with Crippen LogP contribution in [-0.4, -0.2) is 34.9 Å². The molecule has 108 valence electrons. The molecular formula is C14H19BrN4O. The molecule has 0 aromatic carbocycles. The standard InChI is InChI=1S/C14H19BrN4O/c1-20-8-5-14(3-2-4-14)10-17-13-12-11(15)9-18-19(12)7-6-16-13/h6-7,9H,2-5,8,10H2,1H3,(H,16,17). The topological polar surface area (TPSA) is 51.5 Å². The minimum absolute atomic E-state index is 0.372. The first-order chi connectivity index (χ1) is 9.74. The van der Waals surface area contributed by atoms with Crippen LogP contribution in [0.25, 0.3) is 5.52 Å². The maximum atomic E-state index is 5.24. The number of fused-ring (bicyclic) bond motifs is 1. The molecule has 1 fully saturated rings. The second kappa shape index (κ2) is 5.69. The van der Waals surface area contributed by atoms with E-state index in [-0.39, 0.29) is 0 Å². The first-order valence-electron chi connectivity index (χ1n) is 6.95. The van der Waals surface area contributed by atoms with Gasteiger partial charge in [0, 0.05) is 32.7 Å². The zero-order valence-corrected chi connectivity index (χ0v) is 13.2. The highest BCUT2D eigenvalue weighted by molar-refractivity contribution is 9.10. The molecule has 0 unspecified atom stereocenters. The molecule has 5 nitrogen and oxygen atoms in total. The van der Waals surface area contributed by atoms with Crippen LogP contribution in [-0.2, 0) is 4.74 Å². The van der Waals surface area contributed by atoms with Gasteiger partial charge in [0.1, 0.15) is 5.52 Å². The lowest BCUT2D eigenvalue weighted by Crippen LogP contribution is -2.37. The Morgan fingerprint density at radius 1 is 1.50 bits per heavy atom. The van der Waals surface area contributed by atoms with Gasteiger partial charge in [0.25, 0.3) is 0 Å². The van der Waals surface area contributed by atoms with Crippen molar-refractivity contribution in [1.82, 2.24) is 14.6 Å². The molecule has 2 heterocycles. The normalized spacial score (nSPS) is 17.1. The molecule has 0 amide bonds. The van der Waals surface area contributed by atoms with Crippen LogP contribution in [0.1, 0.15) is 25.7 Å². The number of methoxy groups -OCH3 is 1. The molecule has 0 radical (unpaired) electrons. The van der Waals surface area contributed by atoms with E-state index in [1.807, 2.05) is 10.7 Å². The summed E-state index contributed by atoms with van der Waals surface area (Å²) in [6.45, 7) is 1.77. The van der Waals surface area contributed by atoms with Crippen LogP contribution in [0.5, 0.6) is 0 Å². The van der Waals surface area contributed by atoms with E-state index in [1.54, 1.807) is 19.5 Å². The molecule has 0 bridgehead atoms. The number of ether oxygens (including phenoxy) is 1. The van der Waals surface area contributed by atoms with E-state index in [1.165, 1.54) is 19.3 Å². The molecule has 0 aliphatic heterocycles. The fourth-order valence-corrected chi connectivity index (χ4v) is 3.28. The number of rotatable bonds is 6. The summed E-state index contributed by atoms with van der Waals surface area (Å²) in [6, 6.07) is 0. The van der Waals surface area contributed by atoms with Crippen LogP contribution in [0, 0.1) is 5.41 Å². The van der Waals surface area contributed by atoms with Crippen molar-refractivity contribution >= 4 is 27.3 Å². The number of halogens is 1. The first-order valence-corrected chi connectivity index (χ1v) is 7.74. The van der Waals surface area contributed by atoms with Crippen molar-refractivity contribution in [2.45, 2.75) is 25.7 Å². The Balaban J connectivity index is 1.75. The number of anilines is 1. The smallest absolute Gasteiger partial charge is 0.153 e. The van der Waals surface area contributed by atoms with Gasteiger partial charge in [-0.15, -0.1) is 0 Å². The lowest BCUT2D eigenvalue weighted by Gasteiger charge is -2.42. The van der Waals surface area contributed by atoms with Gasteiger partial charge >= 0.3 is 0 Å². The number of aromatic nitrogens is 3.